The van der Waals surface area contributed by atoms with Crippen LogP contribution in [0.3, 0.4) is 0 Å². The van der Waals surface area contributed by atoms with Crippen LogP contribution in [0.15, 0.2) is 36.4 Å². The van der Waals surface area contributed by atoms with Gasteiger partial charge in [0.05, 0.1) is 17.5 Å². The highest BCUT2D eigenvalue weighted by atomic mass is 32.1. The summed E-state index contributed by atoms with van der Waals surface area (Å²) in [7, 11) is 0. The van der Waals surface area contributed by atoms with Gasteiger partial charge in [-0.1, -0.05) is 43.7 Å². The highest BCUT2D eigenvalue weighted by molar-refractivity contribution is 7.14. The number of hydrogen-bond donors (Lipinski definition) is 2. The first-order valence-corrected chi connectivity index (χ1v) is 8.03. The smallest absolute Gasteiger partial charge is 0.261 e. The van der Waals surface area contributed by atoms with Crippen molar-refractivity contribution in [1.82, 2.24) is 5.32 Å². The fraction of sp³-hybridized carbons (Fsp3) is 0.353. The topological polar surface area (TPSA) is 49.3 Å². The fourth-order valence-electron chi connectivity index (χ4n) is 2.30. The number of nitrogens with one attached hydrogen (secondary N) is 1. The molecule has 2 N–H and O–H groups in total. The van der Waals surface area contributed by atoms with E-state index in [9.17, 15) is 9.90 Å². The Labute approximate surface area is 129 Å². The van der Waals surface area contributed by atoms with E-state index in [1.54, 1.807) is 0 Å². The molecule has 112 valence electrons. The van der Waals surface area contributed by atoms with Gasteiger partial charge in [0, 0.05) is 4.88 Å². The Kier molecular flexibility index (Phi) is 5.53. The maximum atomic E-state index is 12.3. The summed E-state index contributed by atoms with van der Waals surface area (Å²) in [6.45, 7) is 4.07. The van der Waals surface area contributed by atoms with Crippen LogP contribution in [0.25, 0.3) is 0 Å². The van der Waals surface area contributed by atoms with E-state index in [0.717, 1.165) is 18.4 Å². The van der Waals surface area contributed by atoms with Gasteiger partial charge in [0.1, 0.15) is 0 Å². The average molecular weight is 303 g/mol. The quantitative estimate of drug-likeness (QED) is 0.858. The summed E-state index contributed by atoms with van der Waals surface area (Å²) in [5.74, 6) is -0.117. The van der Waals surface area contributed by atoms with Gasteiger partial charge in [0.2, 0.25) is 0 Å². The van der Waals surface area contributed by atoms with E-state index in [4.69, 9.17) is 0 Å². The molecule has 0 spiro atoms. The number of aliphatic hydroxyl groups excluding tert-OH is 1. The number of aliphatic hydroxyl groups is 1. The molecule has 0 fully saturated rings. The number of benzene rings is 1. The van der Waals surface area contributed by atoms with Gasteiger partial charge in [0.25, 0.3) is 5.91 Å². The van der Waals surface area contributed by atoms with Gasteiger partial charge in [0.15, 0.2) is 0 Å². The van der Waals surface area contributed by atoms with Gasteiger partial charge >= 0.3 is 0 Å². The summed E-state index contributed by atoms with van der Waals surface area (Å²) in [6, 6.07) is 11.1. The van der Waals surface area contributed by atoms with Gasteiger partial charge in [-0.3, -0.25) is 4.79 Å². The van der Waals surface area contributed by atoms with Gasteiger partial charge in [-0.25, -0.2) is 0 Å². The molecule has 0 bridgehead atoms. The van der Waals surface area contributed by atoms with Crippen LogP contribution in [0.5, 0.6) is 0 Å². The Balaban J connectivity index is 2.11. The molecule has 1 atom stereocenters. The molecule has 1 aromatic heterocycles. The van der Waals surface area contributed by atoms with Gasteiger partial charge in [-0.15, -0.1) is 11.3 Å². The predicted octanol–water partition coefficient (Wildman–Crippen LogP) is 3.47. The van der Waals surface area contributed by atoms with Crippen molar-refractivity contribution in [3.63, 3.8) is 0 Å². The molecule has 0 saturated heterocycles. The molecule has 0 aliphatic carbocycles. The third-order valence-electron chi connectivity index (χ3n) is 3.45. The zero-order chi connectivity index (χ0) is 15.2. The third-order valence-corrected chi connectivity index (χ3v) is 4.55. The van der Waals surface area contributed by atoms with Crippen molar-refractivity contribution in [3.8, 4) is 0 Å². The van der Waals surface area contributed by atoms with Crippen molar-refractivity contribution in [2.24, 2.45) is 0 Å². The van der Waals surface area contributed by atoms with E-state index < -0.39 is 0 Å². The highest BCUT2D eigenvalue weighted by Gasteiger charge is 2.17. The molecule has 0 saturated carbocycles. The predicted molar refractivity (Wildman–Crippen MR) is 86.8 cm³/mol. The number of carbonyl (C=O) groups is 1. The number of rotatable bonds is 6. The van der Waals surface area contributed by atoms with Crippen LogP contribution in [-0.2, 0) is 6.42 Å². The van der Waals surface area contributed by atoms with E-state index in [1.165, 1.54) is 21.8 Å². The molecule has 0 unspecified atom stereocenters. The lowest BCUT2D eigenvalue weighted by Crippen LogP contribution is -2.30. The average Bonchev–Trinajstić information content (AvgIpc) is 2.87. The largest absolute Gasteiger partial charge is 0.394 e. The zero-order valence-electron chi connectivity index (χ0n) is 12.4. The van der Waals surface area contributed by atoms with Crippen molar-refractivity contribution in [2.75, 3.05) is 6.61 Å². The fourth-order valence-corrected chi connectivity index (χ4v) is 3.27. The molecule has 2 rings (SSSR count). The van der Waals surface area contributed by atoms with Crippen molar-refractivity contribution >= 4 is 17.2 Å². The monoisotopic (exact) mass is 303 g/mol. The van der Waals surface area contributed by atoms with Crippen molar-refractivity contribution in [1.29, 1.82) is 0 Å². The Morgan fingerprint density at radius 2 is 2.05 bits per heavy atom. The molecule has 0 aliphatic rings. The Morgan fingerprint density at radius 1 is 1.33 bits per heavy atom. The summed E-state index contributed by atoms with van der Waals surface area (Å²) >= 11 is 1.52. The maximum absolute atomic E-state index is 12.3. The van der Waals surface area contributed by atoms with Crippen molar-refractivity contribution < 1.29 is 9.90 Å². The van der Waals surface area contributed by atoms with E-state index in [2.05, 4.69) is 12.2 Å². The third kappa shape index (κ3) is 3.93. The Bertz CT molecular complexity index is 592. The van der Waals surface area contributed by atoms with E-state index in [-0.39, 0.29) is 18.6 Å². The highest BCUT2D eigenvalue weighted by Crippen LogP contribution is 2.23. The number of aryl methyl sites for hydroxylation is 2. The van der Waals surface area contributed by atoms with Crippen LogP contribution < -0.4 is 5.32 Å². The molecular formula is C17H21NO2S. The summed E-state index contributed by atoms with van der Waals surface area (Å²) in [4.78, 5) is 14.3. The van der Waals surface area contributed by atoms with Crippen LogP contribution in [0.1, 0.15) is 45.1 Å². The molecule has 4 heteroatoms. The molecule has 1 aromatic carbocycles. The lowest BCUT2D eigenvalue weighted by molar-refractivity contribution is 0.0920. The lowest BCUT2D eigenvalue weighted by Gasteiger charge is -2.16. The first kappa shape index (κ1) is 15.7. The van der Waals surface area contributed by atoms with E-state index in [1.807, 2.05) is 43.3 Å². The van der Waals surface area contributed by atoms with Crippen molar-refractivity contribution in [3.05, 3.63) is 57.3 Å². The second-order valence-electron chi connectivity index (χ2n) is 5.06. The van der Waals surface area contributed by atoms with Crippen molar-refractivity contribution in [2.45, 2.75) is 32.7 Å². The Morgan fingerprint density at radius 3 is 2.67 bits per heavy atom. The standard InChI is InChI=1S/C17H21NO2S/c1-3-7-14-10-16(21-12(14)2)17(20)18-15(11-19)13-8-5-4-6-9-13/h4-6,8-10,15,19H,3,7,11H2,1-2H3,(H,18,20)/t15-/m0/s1. The molecular weight excluding hydrogens is 282 g/mol. The molecule has 21 heavy (non-hydrogen) atoms. The van der Waals surface area contributed by atoms with Crippen LogP contribution in [0.4, 0.5) is 0 Å². The molecule has 1 heterocycles. The second kappa shape index (κ2) is 7.38. The molecule has 2 aromatic rings. The maximum Gasteiger partial charge on any atom is 0.261 e. The van der Waals surface area contributed by atoms with E-state index in [0.29, 0.717) is 4.88 Å². The first-order chi connectivity index (χ1) is 10.2. The Hall–Kier alpha value is -1.65. The SMILES string of the molecule is CCCc1cc(C(=O)N[C@@H](CO)c2ccccc2)sc1C. The van der Waals surface area contributed by atoms with Crippen LogP contribution >= 0.6 is 11.3 Å². The minimum Gasteiger partial charge on any atom is -0.394 e. The summed E-state index contributed by atoms with van der Waals surface area (Å²) in [5, 5.41) is 12.4. The number of carbonyl (C=O) groups excluding carboxylic acids is 1. The van der Waals surface area contributed by atoms with Crippen LogP contribution in [-0.4, -0.2) is 17.6 Å². The summed E-state index contributed by atoms with van der Waals surface area (Å²) < 4.78 is 0. The van der Waals surface area contributed by atoms with Gasteiger partial charge in [-0.05, 0) is 30.5 Å². The van der Waals surface area contributed by atoms with E-state index >= 15 is 0 Å². The summed E-state index contributed by atoms with van der Waals surface area (Å²) in [5.41, 5.74) is 2.16. The second-order valence-corrected chi connectivity index (χ2v) is 6.32. The number of amides is 1. The van der Waals surface area contributed by atoms with Gasteiger partial charge < -0.3 is 10.4 Å². The molecule has 0 radical (unpaired) electrons. The van der Waals surface area contributed by atoms with Crippen LogP contribution in [0, 0.1) is 6.92 Å². The summed E-state index contributed by atoms with van der Waals surface area (Å²) in [6.07, 6.45) is 2.07. The first-order valence-electron chi connectivity index (χ1n) is 7.21. The minimum absolute atomic E-state index is 0.109. The lowest BCUT2D eigenvalue weighted by atomic mass is 10.1. The minimum atomic E-state index is -0.365. The molecule has 1 amide bonds. The number of thiophene rings is 1. The molecule has 0 aliphatic heterocycles. The van der Waals surface area contributed by atoms with Crippen LogP contribution in [0.2, 0.25) is 0 Å². The van der Waals surface area contributed by atoms with Gasteiger partial charge in [-0.2, -0.15) is 0 Å². The number of hydrogen-bond acceptors (Lipinski definition) is 3. The zero-order valence-corrected chi connectivity index (χ0v) is 13.2. The molecule has 3 nitrogen and oxygen atoms in total. The normalized spacial score (nSPS) is 12.1.